The number of carbonyl (C=O) groups is 1. The van der Waals surface area contributed by atoms with Gasteiger partial charge in [0.15, 0.2) is 11.5 Å². The molecular weight excluding hydrogens is 468 g/mol. The van der Waals surface area contributed by atoms with Crippen LogP contribution in [0.15, 0.2) is 77.9 Å². The number of phenolic OH excluding ortho intramolecular Hbond substituents is 1. The first kappa shape index (κ1) is 25.6. The number of hydrazone groups is 1. The number of amides is 1. The van der Waals surface area contributed by atoms with Gasteiger partial charge in [0.25, 0.3) is 5.91 Å². The number of hydrogen-bond acceptors (Lipinski definition) is 6. The van der Waals surface area contributed by atoms with Gasteiger partial charge in [0, 0.05) is 16.5 Å². The van der Waals surface area contributed by atoms with Crippen LogP contribution >= 0.6 is 0 Å². The highest BCUT2D eigenvalue weighted by atomic mass is 16.5. The van der Waals surface area contributed by atoms with E-state index in [0.717, 1.165) is 5.56 Å². The molecule has 7 heteroatoms. The molecule has 0 aliphatic rings. The standard InChI is InChI=1S/C30H30N2O5/c1-19(2)22-11-9-20(10-12-22)18-37-29-27(35-3)15-21(16-28(29)36-4)17-31-32-30(34)25-13-14-26(33)24-8-6-5-7-23(24)25/h5-17,19,33H,18H2,1-4H3,(H,32,34). The summed E-state index contributed by atoms with van der Waals surface area (Å²) in [7, 11) is 3.11. The van der Waals surface area contributed by atoms with Gasteiger partial charge < -0.3 is 19.3 Å². The molecular formula is C30H30N2O5. The molecule has 7 nitrogen and oxygen atoms in total. The van der Waals surface area contributed by atoms with E-state index >= 15 is 0 Å². The van der Waals surface area contributed by atoms with Gasteiger partial charge in [-0.1, -0.05) is 62.4 Å². The topological polar surface area (TPSA) is 89.4 Å². The van der Waals surface area contributed by atoms with Crippen LogP contribution in [0.2, 0.25) is 0 Å². The zero-order valence-corrected chi connectivity index (χ0v) is 21.3. The molecule has 0 aromatic heterocycles. The minimum absolute atomic E-state index is 0.115. The van der Waals surface area contributed by atoms with Crippen molar-refractivity contribution in [3.05, 3.63) is 95.1 Å². The molecule has 0 spiro atoms. The van der Waals surface area contributed by atoms with Gasteiger partial charge in [-0.25, -0.2) is 5.43 Å². The lowest BCUT2D eigenvalue weighted by atomic mass is 10.0. The molecule has 0 fully saturated rings. The molecule has 0 unspecified atom stereocenters. The van der Waals surface area contributed by atoms with Crippen molar-refractivity contribution < 1.29 is 24.1 Å². The number of carbonyl (C=O) groups excluding carboxylic acids is 1. The average Bonchev–Trinajstić information content (AvgIpc) is 2.92. The summed E-state index contributed by atoms with van der Waals surface area (Å²) in [4.78, 5) is 12.8. The van der Waals surface area contributed by atoms with Crippen LogP contribution in [0, 0.1) is 0 Å². The Kier molecular flexibility index (Phi) is 7.93. The highest BCUT2D eigenvalue weighted by molar-refractivity contribution is 6.08. The van der Waals surface area contributed by atoms with Gasteiger partial charge in [0.2, 0.25) is 5.75 Å². The fourth-order valence-corrected chi connectivity index (χ4v) is 3.98. The largest absolute Gasteiger partial charge is 0.507 e. The van der Waals surface area contributed by atoms with Crippen LogP contribution in [0.3, 0.4) is 0 Å². The number of nitrogens with one attached hydrogen (secondary N) is 1. The Hall–Kier alpha value is -4.52. The smallest absolute Gasteiger partial charge is 0.271 e. The normalized spacial score (nSPS) is 11.2. The molecule has 0 saturated heterocycles. The van der Waals surface area contributed by atoms with Crippen molar-refractivity contribution in [1.82, 2.24) is 5.43 Å². The third-order valence-corrected chi connectivity index (χ3v) is 6.04. The predicted molar refractivity (Wildman–Crippen MR) is 145 cm³/mol. The number of ether oxygens (including phenoxy) is 3. The summed E-state index contributed by atoms with van der Waals surface area (Å²) < 4.78 is 17.1. The Morgan fingerprint density at radius 2 is 1.59 bits per heavy atom. The summed E-state index contributed by atoms with van der Waals surface area (Å²) in [6.07, 6.45) is 1.50. The molecule has 4 aromatic rings. The number of rotatable bonds is 9. The van der Waals surface area contributed by atoms with Crippen molar-refractivity contribution in [1.29, 1.82) is 0 Å². The third-order valence-electron chi connectivity index (χ3n) is 6.04. The third kappa shape index (κ3) is 5.83. The molecule has 0 bridgehead atoms. The Balaban J connectivity index is 1.49. The van der Waals surface area contributed by atoms with Crippen LogP contribution in [-0.4, -0.2) is 31.4 Å². The van der Waals surface area contributed by atoms with Gasteiger partial charge >= 0.3 is 0 Å². The summed E-state index contributed by atoms with van der Waals surface area (Å²) in [5, 5.41) is 15.4. The van der Waals surface area contributed by atoms with Gasteiger partial charge in [0.05, 0.1) is 20.4 Å². The molecule has 0 heterocycles. The minimum Gasteiger partial charge on any atom is -0.507 e. The Morgan fingerprint density at radius 3 is 2.22 bits per heavy atom. The van der Waals surface area contributed by atoms with Crippen LogP contribution in [0.5, 0.6) is 23.0 Å². The van der Waals surface area contributed by atoms with Gasteiger partial charge in [0.1, 0.15) is 12.4 Å². The van der Waals surface area contributed by atoms with Crippen molar-refractivity contribution >= 4 is 22.9 Å². The number of nitrogens with zero attached hydrogens (tertiary/aromatic N) is 1. The lowest BCUT2D eigenvalue weighted by Crippen LogP contribution is -2.18. The maximum Gasteiger partial charge on any atom is 0.271 e. The number of methoxy groups -OCH3 is 2. The lowest BCUT2D eigenvalue weighted by Gasteiger charge is -2.15. The van der Waals surface area contributed by atoms with Crippen LogP contribution in [0.4, 0.5) is 0 Å². The molecule has 0 radical (unpaired) electrons. The minimum atomic E-state index is -0.394. The van der Waals surface area contributed by atoms with E-state index in [-0.39, 0.29) is 5.75 Å². The maximum absolute atomic E-state index is 12.8. The lowest BCUT2D eigenvalue weighted by molar-refractivity contribution is 0.0957. The Labute approximate surface area is 216 Å². The summed E-state index contributed by atoms with van der Waals surface area (Å²) >= 11 is 0. The summed E-state index contributed by atoms with van der Waals surface area (Å²) in [5.74, 6) is 1.63. The van der Waals surface area contributed by atoms with Gasteiger partial charge in [-0.3, -0.25) is 4.79 Å². The van der Waals surface area contributed by atoms with Gasteiger partial charge in [-0.05, 0) is 46.7 Å². The van der Waals surface area contributed by atoms with Gasteiger partial charge in [-0.2, -0.15) is 5.10 Å². The predicted octanol–water partition coefficient (Wildman–Crippen LogP) is 6.03. The average molecular weight is 499 g/mol. The number of hydrogen-bond donors (Lipinski definition) is 2. The maximum atomic E-state index is 12.8. The SMILES string of the molecule is COc1cc(C=NNC(=O)c2ccc(O)c3ccccc23)cc(OC)c1OCc1ccc(C(C)C)cc1. The summed E-state index contributed by atoms with van der Waals surface area (Å²) in [6, 6.07) is 22.0. The molecule has 1 amide bonds. The molecule has 0 atom stereocenters. The quantitative estimate of drug-likeness (QED) is 0.217. The monoisotopic (exact) mass is 498 g/mol. The van der Waals surface area contributed by atoms with E-state index in [0.29, 0.717) is 51.7 Å². The molecule has 4 rings (SSSR count). The molecule has 37 heavy (non-hydrogen) atoms. The zero-order valence-electron chi connectivity index (χ0n) is 21.3. The van der Waals surface area contributed by atoms with Crippen molar-refractivity contribution in [3.8, 4) is 23.0 Å². The van der Waals surface area contributed by atoms with E-state index < -0.39 is 5.91 Å². The van der Waals surface area contributed by atoms with E-state index in [1.165, 1.54) is 17.8 Å². The fraction of sp³-hybridized carbons (Fsp3) is 0.200. The molecule has 0 aliphatic carbocycles. The zero-order chi connectivity index (χ0) is 26.4. The highest BCUT2D eigenvalue weighted by Crippen LogP contribution is 2.39. The van der Waals surface area contributed by atoms with E-state index in [9.17, 15) is 9.90 Å². The fourth-order valence-electron chi connectivity index (χ4n) is 3.98. The van der Waals surface area contributed by atoms with Crippen molar-refractivity contribution in [3.63, 3.8) is 0 Å². The number of aromatic hydroxyl groups is 1. The van der Waals surface area contributed by atoms with Crippen LogP contribution < -0.4 is 19.6 Å². The van der Waals surface area contributed by atoms with Crippen molar-refractivity contribution in [2.45, 2.75) is 26.4 Å². The highest BCUT2D eigenvalue weighted by Gasteiger charge is 2.15. The molecule has 2 N–H and O–H groups in total. The molecule has 0 aliphatic heterocycles. The second kappa shape index (κ2) is 11.5. The van der Waals surface area contributed by atoms with Crippen molar-refractivity contribution in [2.24, 2.45) is 5.10 Å². The second-order valence-corrected chi connectivity index (χ2v) is 8.82. The van der Waals surface area contributed by atoms with E-state index in [2.05, 4.69) is 48.6 Å². The Bertz CT molecular complexity index is 1400. The molecule has 4 aromatic carbocycles. The molecule has 190 valence electrons. The number of fused-ring (bicyclic) bond motifs is 1. The van der Waals surface area contributed by atoms with Crippen LogP contribution in [0.1, 0.15) is 46.8 Å². The first-order chi connectivity index (χ1) is 17.9. The summed E-state index contributed by atoms with van der Waals surface area (Å²) in [6.45, 7) is 4.68. The van der Waals surface area contributed by atoms with Crippen LogP contribution in [0.25, 0.3) is 10.8 Å². The van der Waals surface area contributed by atoms with Gasteiger partial charge in [-0.15, -0.1) is 0 Å². The van der Waals surface area contributed by atoms with E-state index in [4.69, 9.17) is 14.2 Å². The number of phenols is 1. The van der Waals surface area contributed by atoms with Crippen LogP contribution in [-0.2, 0) is 6.61 Å². The first-order valence-electron chi connectivity index (χ1n) is 11.9. The number of benzene rings is 4. The van der Waals surface area contributed by atoms with E-state index in [1.54, 1.807) is 50.6 Å². The van der Waals surface area contributed by atoms with E-state index in [1.807, 2.05) is 6.07 Å². The summed E-state index contributed by atoms with van der Waals surface area (Å²) in [5.41, 5.74) is 5.91. The second-order valence-electron chi connectivity index (χ2n) is 8.82. The molecule has 0 saturated carbocycles. The first-order valence-corrected chi connectivity index (χ1v) is 11.9. The Morgan fingerprint density at radius 1 is 0.946 bits per heavy atom. The van der Waals surface area contributed by atoms with Crippen molar-refractivity contribution in [2.75, 3.05) is 14.2 Å².